The molecule has 3 aromatic rings. The molecule has 7 nitrogen and oxygen atoms in total. The van der Waals surface area contributed by atoms with E-state index in [0.717, 1.165) is 38.2 Å². The summed E-state index contributed by atoms with van der Waals surface area (Å²) in [7, 11) is -4.71. The van der Waals surface area contributed by atoms with E-state index in [0.29, 0.717) is 46.3 Å². The van der Waals surface area contributed by atoms with Crippen molar-refractivity contribution in [1.82, 2.24) is 4.90 Å². The second-order valence-electron chi connectivity index (χ2n) is 7.78. The molecule has 184 valence electrons. The summed E-state index contributed by atoms with van der Waals surface area (Å²) >= 11 is 6.16. The predicted molar refractivity (Wildman–Crippen MR) is 124 cm³/mol. The Bertz CT molecular complexity index is 1240. The number of furan rings is 1. The van der Waals surface area contributed by atoms with Crippen LogP contribution in [0.15, 0.2) is 58.0 Å². The molecule has 34 heavy (non-hydrogen) atoms. The fraction of sp³-hybridized carbons (Fsp3) is 0.364. The zero-order chi connectivity index (χ0) is 24.3. The van der Waals surface area contributed by atoms with E-state index in [4.69, 9.17) is 20.9 Å². The van der Waals surface area contributed by atoms with Crippen molar-refractivity contribution in [1.29, 1.82) is 0 Å². The first-order valence-electron chi connectivity index (χ1n) is 10.6. The number of halogens is 4. The van der Waals surface area contributed by atoms with Crippen LogP contribution < -0.4 is 9.14 Å². The van der Waals surface area contributed by atoms with Crippen molar-refractivity contribution in [2.24, 2.45) is 0 Å². The number of morpholine rings is 1. The van der Waals surface area contributed by atoms with Gasteiger partial charge < -0.3 is 14.5 Å². The van der Waals surface area contributed by atoms with Crippen molar-refractivity contribution in [3.05, 3.63) is 54.3 Å². The molecule has 0 atom stereocenters. The van der Waals surface area contributed by atoms with Gasteiger partial charge in [0.05, 0.1) is 36.4 Å². The number of alkyl halides is 3. The van der Waals surface area contributed by atoms with Gasteiger partial charge in [-0.25, -0.2) is 0 Å². The van der Waals surface area contributed by atoms with Crippen molar-refractivity contribution >= 4 is 44.1 Å². The van der Waals surface area contributed by atoms with E-state index < -0.39 is 26.7 Å². The van der Waals surface area contributed by atoms with E-state index in [2.05, 4.69) is 10.2 Å². The normalized spacial score (nSPS) is 15.5. The van der Waals surface area contributed by atoms with Crippen LogP contribution in [0.3, 0.4) is 0 Å². The zero-order valence-corrected chi connectivity index (χ0v) is 19.6. The molecule has 1 fully saturated rings. The smallest absolute Gasteiger partial charge is 0.417 e. The molecule has 0 spiro atoms. The van der Waals surface area contributed by atoms with E-state index in [9.17, 15) is 21.6 Å². The van der Waals surface area contributed by atoms with Crippen LogP contribution in [0.25, 0.3) is 11.0 Å². The molecule has 0 radical (unpaired) electrons. The summed E-state index contributed by atoms with van der Waals surface area (Å²) in [6.45, 7) is 4.59. The van der Waals surface area contributed by atoms with Gasteiger partial charge in [-0.1, -0.05) is 12.1 Å². The lowest BCUT2D eigenvalue weighted by Crippen LogP contribution is -2.37. The maximum absolute atomic E-state index is 13.4. The molecular formula is C22H23ClF3N3O4S. The van der Waals surface area contributed by atoms with E-state index >= 15 is 0 Å². The van der Waals surface area contributed by atoms with Crippen LogP contribution in [0.2, 0.25) is 0 Å². The van der Waals surface area contributed by atoms with Crippen LogP contribution in [0.5, 0.6) is 0 Å². The number of rotatable bonds is 8. The fourth-order valence-electron chi connectivity index (χ4n) is 3.80. The maximum Gasteiger partial charge on any atom is 0.417 e. The van der Waals surface area contributed by atoms with E-state index in [1.165, 1.54) is 24.5 Å². The van der Waals surface area contributed by atoms with Crippen LogP contribution in [-0.4, -0.2) is 52.7 Å². The van der Waals surface area contributed by atoms with Crippen molar-refractivity contribution in [2.45, 2.75) is 17.5 Å². The second kappa shape index (κ2) is 10.0. The van der Waals surface area contributed by atoms with Crippen molar-refractivity contribution in [2.75, 3.05) is 48.5 Å². The second-order valence-corrected chi connectivity index (χ2v) is 10.1. The molecule has 12 heteroatoms. The quantitative estimate of drug-likeness (QED) is 0.337. The molecule has 1 N–H and O–H groups in total. The Kier molecular flexibility index (Phi) is 7.27. The largest absolute Gasteiger partial charge is 0.462 e. The van der Waals surface area contributed by atoms with Crippen LogP contribution in [0, 0.1) is 0 Å². The number of hydrogen-bond acceptors (Lipinski definition) is 6. The molecule has 0 bridgehead atoms. The first kappa shape index (κ1) is 24.6. The average Bonchev–Trinajstić information content (AvgIpc) is 3.30. The van der Waals surface area contributed by atoms with Gasteiger partial charge in [-0.3, -0.25) is 4.90 Å². The SMILES string of the molecule is O=S(=O)(c1ccccc1C(F)(F)F)N(Cl)c1cc(NCCCN2CCOCC2)c2occc2c1. The minimum absolute atomic E-state index is 0.0109. The van der Waals surface area contributed by atoms with Gasteiger partial charge in [0, 0.05) is 36.8 Å². The number of ether oxygens (including phenoxy) is 1. The van der Waals surface area contributed by atoms with Crippen LogP contribution in [-0.2, 0) is 20.9 Å². The van der Waals surface area contributed by atoms with Crippen molar-refractivity contribution in [3.63, 3.8) is 0 Å². The molecule has 0 unspecified atom stereocenters. The number of nitrogens with zero attached hydrogens (tertiary/aromatic N) is 2. The molecule has 0 aliphatic carbocycles. The molecule has 0 saturated carbocycles. The van der Waals surface area contributed by atoms with Crippen molar-refractivity contribution in [3.8, 4) is 0 Å². The monoisotopic (exact) mass is 517 g/mol. The third-order valence-electron chi connectivity index (χ3n) is 5.49. The third kappa shape index (κ3) is 5.27. The number of fused-ring (bicyclic) bond motifs is 1. The number of anilines is 2. The first-order chi connectivity index (χ1) is 16.2. The molecule has 2 heterocycles. The van der Waals surface area contributed by atoms with Crippen LogP contribution >= 0.6 is 11.8 Å². The summed E-state index contributed by atoms with van der Waals surface area (Å²) < 4.78 is 77.6. The summed E-state index contributed by atoms with van der Waals surface area (Å²) in [5.41, 5.74) is -0.313. The lowest BCUT2D eigenvalue weighted by molar-refractivity contribution is -0.139. The highest BCUT2D eigenvalue weighted by Crippen LogP contribution is 2.38. The maximum atomic E-state index is 13.4. The molecule has 1 aromatic heterocycles. The Morgan fingerprint density at radius 3 is 2.59 bits per heavy atom. The minimum Gasteiger partial charge on any atom is -0.462 e. The molecule has 1 aliphatic rings. The zero-order valence-electron chi connectivity index (χ0n) is 18.0. The third-order valence-corrected chi connectivity index (χ3v) is 7.78. The van der Waals surface area contributed by atoms with Gasteiger partial charge in [-0.05, 0) is 43.3 Å². The lowest BCUT2D eigenvalue weighted by atomic mass is 10.2. The number of nitrogens with one attached hydrogen (secondary N) is 1. The van der Waals surface area contributed by atoms with Gasteiger partial charge in [0.1, 0.15) is 4.90 Å². The minimum atomic E-state index is -4.86. The van der Waals surface area contributed by atoms with Gasteiger partial charge in [0.25, 0.3) is 10.0 Å². The number of sulfonamides is 1. The highest BCUT2D eigenvalue weighted by molar-refractivity contribution is 7.94. The Labute approximate surface area is 200 Å². The standard InChI is InChI=1S/C22H23ClF3N3O4S/c23-29(34(30,31)20-5-2-1-4-18(20)22(24,25)26)17-14-16-6-11-33-21(16)19(15-17)27-7-3-8-28-9-12-32-13-10-28/h1-2,4-6,11,14-15,27H,3,7-10,12-13H2. The number of hydrogen-bond donors (Lipinski definition) is 1. The summed E-state index contributed by atoms with van der Waals surface area (Å²) in [6.07, 6.45) is -2.60. The average molecular weight is 518 g/mol. The summed E-state index contributed by atoms with van der Waals surface area (Å²) in [6, 6.07) is 8.44. The molecular weight excluding hydrogens is 495 g/mol. The van der Waals surface area contributed by atoms with Gasteiger partial charge in [-0.15, -0.1) is 0 Å². The molecule has 1 saturated heterocycles. The first-order valence-corrected chi connectivity index (χ1v) is 12.4. The Morgan fingerprint density at radius 2 is 1.85 bits per heavy atom. The Morgan fingerprint density at radius 1 is 1.12 bits per heavy atom. The van der Waals surface area contributed by atoms with Gasteiger partial charge in [0.2, 0.25) is 0 Å². The highest BCUT2D eigenvalue weighted by Gasteiger charge is 2.39. The van der Waals surface area contributed by atoms with Crippen molar-refractivity contribution < 1.29 is 30.7 Å². The molecule has 1 aliphatic heterocycles. The van der Waals surface area contributed by atoms with Crippen LogP contribution in [0.4, 0.5) is 24.5 Å². The summed E-state index contributed by atoms with van der Waals surface area (Å²) in [5.74, 6) is 0. The molecule has 0 amide bonds. The van der Waals surface area contributed by atoms with Gasteiger partial charge in [-0.2, -0.15) is 25.4 Å². The van der Waals surface area contributed by atoms with Gasteiger partial charge in [0.15, 0.2) is 5.58 Å². The van der Waals surface area contributed by atoms with E-state index in [1.807, 2.05) is 0 Å². The number of benzene rings is 2. The summed E-state index contributed by atoms with van der Waals surface area (Å²) in [4.78, 5) is 1.36. The summed E-state index contributed by atoms with van der Waals surface area (Å²) in [5, 5.41) is 3.78. The van der Waals surface area contributed by atoms with Gasteiger partial charge >= 0.3 is 6.18 Å². The lowest BCUT2D eigenvalue weighted by Gasteiger charge is -2.26. The Balaban J connectivity index is 1.57. The van der Waals surface area contributed by atoms with Crippen LogP contribution in [0.1, 0.15) is 12.0 Å². The molecule has 4 rings (SSSR count). The highest BCUT2D eigenvalue weighted by atomic mass is 35.5. The topological polar surface area (TPSA) is 75.0 Å². The predicted octanol–water partition coefficient (Wildman–Crippen LogP) is 4.93. The molecule has 2 aromatic carbocycles. The van der Waals surface area contributed by atoms with E-state index in [-0.39, 0.29) is 5.69 Å². The fourth-order valence-corrected chi connectivity index (χ4v) is 5.39. The van der Waals surface area contributed by atoms with E-state index in [1.54, 1.807) is 6.07 Å². The Hall–Kier alpha value is -2.47.